The largest absolute Gasteiger partial charge is 0.443 e. The second-order valence-electron chi connectivity index (χ2n) is 5.04. The molecule has 1 atom stereocenters. The lowest BCUT2D eigenvalue weighted by Crippen LogP contribution is -2.27. The van der Waals surface area contributed by atoms with Crippen LogP contribution in [0.4, 0.5) is 13.2 Å². The van der Waals surface area contributed by atoms with Crippen molar-refractivity contribution in [1.29, 1.82) is 0 Å². The van der Waals surface area contributed by atoms with Crippen molar-refractivity contribution in [2.75, 3.05) is 6.54 Å². The molecule has 0 radical (unpaired) electrons. The van der Waals surface area contributed by atoms with Gasteiger partial charge in [0.15, 0.2) is 5.01 Å². The van der Waals surface area contributed by atoms with Crippen molar-refractivity contribution < 1.29 is 13.2 Å². The molecule has 108 valence electrons. The summed E-state index contributed by atoms with van der Waals surface area (Å²) in [4.78, 5) is 4.27. The molecule has 0 saturated heterocycles. The Morgan fingerprint density at radius 2 is 2.11 bits per heavy atom. The predicted molar refractivity (Wildman–Crippen MR) is 70.1 cm³/mol. The summed E-state index contributed by atoms with van der Waals surface area (Å²) in [5, 5.41) is 2.66. The van der Waals surface area contributed by atoms with Crippen LogP contribution in [0.3, 0.4) is 0 Å². The van der Waals surface area contributed by atoms with Gasteiger partial charge in [-0.3, -0.25) is 0 Å². The number of alkyl halides is 3. The van der Waals surface area contributed by atoms with E-state index in [4.69, 9.17) is 0 Å². The third-order valence-corrected chi connectivity index (χ3v) is 4.68. The van der Waals surface area contributed by atoms with Crippen LogP contribution in [-0.4, -0.2) is 11.5 Å². The minimum absolute atomic E-state index is 0.0380. The number of nitrogens with one attached hydrogen (secondary N) is 1. The summed E-state index contributed by atoms with van der Waals surface area (Å²) < 4.78 is 37.9. The minimum Gasteiger partial charge on any atom is -0.309 e. The molecule has 1 unspecified atom stereocenters. The molecular formula is C13H19F3N2S. The second-order valence-corrected chi connectivity index (χ2v) is 6.10. The number of halogens is 3. The molecule has 0 aliphatic heterocycles. The van der Waals surface area contributed by atoms with Crippen molar-refractivity contribution in [3.05, 3.63) is 16.1 Å². The van der Waals surface area contributed by atoms with Gasteiger partial charge in [-0.1, -0.05) is 19.8 Å². The maximum Gasteiger partial charge on any atom is 0.443 e. The van der Waals surface area contributed by atoms with E-state index in [1.807, 2.05) is 0 Å². The Balaban J connectivity index is 2.14. The third-order valence-electron chi connectivity index (χ3n) is 3.56. The SMILES string of the molecule is CCCNC(c1cnc(C(F)(F)F)s1)C1CCCC1. The average molecular weight is 292 g/mol. The van der Waals surface area contributed by atoms with Crippen LogP contribution < -0.4 is 5.32 Å². The highest BCUT2D eigenvalue weighted by atomic mass is 32.1. The van der Waals surface area contributed by atoms with Gasteiger partial charge in [0, 0.05) is 17.1 Å². The van der Waals surface area contributed by atoms with Gasteiger partial charge in [-0.05, 0) is 31.7 Å². The molecule has 2 nitrogen and oxygen atoms in total. The summed E-state index contributed by atoms with van der Waals surface area (Å²) in [6.07, 6.45) is 2.61. The van der Waals surface area contributed by atoms with Gasteiger partial charge in [0.2, 0.25) is 0 Å². The molecule has 1 aliphatic carbocycles. The molecule has 0 spiro atoms. The average Bonchev–Trinajstić information content (AvgIpc) is 2.99. The molecule has 6 heteroatoms. The van der Waals surface area contributed by atoms with Crippen LogP contribution in [0.2, 0.25) is 0 Å². The quantitative estimate of drug-likeness (QED) is 0.870. The summed E-state index contributed by atoms with van der Waals surface area (Å²) in [5.41, 5.74) is 0. The first-order valence-electron chi connectivity index (χ1n) is 6.78. The fourth-order valence-corrected chi connectivity index (χ4v) is 3.60. The van der Waals surface area contributed by atoms with Gasteiger partial charge in [0.1, 0.15) is 0 Å². The van der Waals surface area contributed by atoms with Crippen molar-refractivity contribution >= 4 is 11.3 Å². The maximum atomic E-state index is 12.6. The summed E-state index contributed by atoms with van der Waals surface area (Å²) in [6, 6.07) is 0.0380. The highest BCUT2D eigenvalue weighted by molar-refractivity contribution is 7.11. The molecule has 19 heavy (non-hydrogen) atoms. The summed E-state index contributed by atoms with van der Waals surface area (Å²) in [6.45, 7) is 2.90. The number of rotatable bonds is 5. The normalized spacial score (nSPS) is 18.9. The minimum atomic E-state index is -4.33. The van der Waals surface area contributed by atoms with Crippen LogP contribution in [0.25, 0.3) is 0 Å². The Morgan fingerprint density at radius 1 is 1.42 bits per heavy atom. The van der Waals surface area contributed by atoms with E-state index in [1.165, 1.54) is 19.0 Å². The molecule has 1 saturated carbocycles. The zero-order chi connectivity index (χ0) is 13.9. The number of thiazole rings is 1. The molecule has 0 bridgehead atoms. The fraction of sp³-hybridized carbons (Fsp3) is 0.769. The van der Waals surface area contributed by atoms with E-state index in [2.05, 4.69) is 17.2 Å². The number of hydrogen-bond acceptors (Lipinski definition) is 3. The van der Waals surface area contributed by atoms with Gasteiger partial charge < -0.3 is 5.32 Å². The first kappa shape index (κ1) is 14.8. The van der Waals surface area contributed by atoms with Crippen LogP contribution >= 0.6 is 11.3 Å². The Kier molecular flexibility index (Phi) is 4.84. The lowest BCUT2D eigenvalue weighted by atomic mass is 9.97. The third kappa shape index (κ3) is 3.69. The van der Waals surface area contributed by atoms with Crippen LogP contribution in [0.1, 0.15) is 55.0 Å². The second kappa shape index (κ2) is 6.22. The van der Waals surface area contributed by atoms with Crippen molar-refractivity contribution in [2.45, 2.75) is 51.2 Å². The summed E-state index contributed by atoms with van der Waals surface area (Å²) in [7, 11) is 0. The standard InChI is InChI=1S/C13H19F3N2S/c1-2-7-17-11(9-5-3-4-6-9)10-8-18-12(19-10)13(14,15)16/h8-9,11,17H,2-7H2,1H3. The molecular weight excluding hydrogens is 273 g/mol. The Morgan fingerprint density at radius 3 is 2.63 bits per heavy atom. The molecule has 1 aromatic heterocycles. The van der Waals surface area contributed by atoms with Crippen LogP contribution in [0.15, 0.2) is 6.20 Å². The van der Waals surface area contributed by atoms with Gasteiger partial charge in [0.25, 0.3) is 0 Å². The molecule has 1 fully saturated rings. The Hall–Kier alpha value is -0.620. The van der Waals surface area contributed by atoms with E-state index in [9.17, 15) is 13.2 Å². The van der Waals surface area contributed by atoms with Crippen LogP contribution in [0, 0.1) is 5.92 Å². The zero-order valence-electron chi connectivity index (χ0n) is 11.0. The van der Waals surface area contributed by atoms with Gasteiger partial charge in [0.05, 0.1) is 0 Å². The molecule has 0 aromatic carbocycles. The number of aromatic nitrogens is 1. The van der Waals surface area contributed by atoms with Gasteiger partial charge >= 0.3 is 6.18 Å². The highest BCUT2D eigenvalue weighted by Crippen LogP contribution is 2.40. The fourth-order valence-electron chi connectivity index (χ4n) is 2.65. The van der Waals surface area contributed by atoms with E-state index in [0.717, 1.165) is 42.0 Å². The molecule has 2 rings (SSSR count). The lowest BCUT2D eigenvalue weighted by Gasteiger charge is -2.23. The van der Waals surface area contributed by atoms with Gasteiger partial charge in [-0.25, -0.2) is 4.98 Å². The van der Waals surface area contributed by atoms with E-state index in [1.54, 1.807) is 0 Å². The van der Waals surface area contributed by atoms with Gasteiger partial charge in [-0.15, -0.1) is 11.3 Å². The monoisotopic (exact) mass is 292 g/mol. The van der Waals surface area contributed by atoms with Crippen LogP contribution in [-0.2, 0) is 6.18 Å². The number of nitrogens with zero attached hydrogens (tertiary/aromatic N) is 1. The zero-order valence-corrected chi connectivity index (χ0v) is 11.8. The first-order valence-corrected chi connectivity index (χ1v) is 7.60. The van der Waals surface area contributed by atoms with E-state index >= 15 is 0 Å². The molecule has 0 amide bonds. The topological polar surface area (TPSA) is 24.9 Å². The number of hydrogen-bond donors (Lipinski definition) is 1. The molecule has 1 N–H and O–H groups in total. The Labute approximate surface area is 115 Å². The summed E-state index contributed by atoms with van der Waals surface area (Å²) in [5.74, 6) is 0.452. The van der Waals surface area contributed by atoms with E-state index < -0.39 is 11.2 Å². The molecule has 1 aliphatic rings. The van der Waals surface area contributed by atoms with E-state index in [-0.39, 0.29) is 6.04 Å². The van der Waals surface area contributed by atoms with Crippen molar-refractivity contribution in [3.63, 3.8) is 0 Å². The maximum absolute atomic E-state index is 12.6. The van der Waals surface area contributed by atoms with Crippen molar-refractivity contribution in [1.82, 2.24) is 10.3 Å². The lowest BCUT2D eigenvalue weighted by molar-refractivity contribution is -0.137. The predicted octanol–water partition coefficient (Wildman–Crippen LogP) is 4.39. The van der Waals surface area contributed by atoms with E-state index in [0.29, 0.717) is 5.92 Å². The summed E-state index contributed by atoms with van der Waals surface area (Å²) >= 11 is 0.787. The Bertz CT molecular complexity index is 397. The van der Waals surface area contributed by atoms with Crippen LogP contribution in [0.5, 0.6) is 0 Å². The smallest absolute Gasteiger partial charge is 0.309 e. The molecule has 1 aromatic rings. The first-order chi connectivity index (χ1) is 9.02. The van der Waals surface area contributed by atoms with Crippen molar-refractivity contribution in [3.8, 4) is 0 Å². The highest BCUT2D eigenvalue weighted by Gasteiger charge is 2.36. The van der Waals surface area contributed by atoms with Crippen molar-refractivity contribution in [2.24, 2.45) is 5.92 Å². The molecule has 1 heterocycles. The van der Waals surface area contributed by atoms with Gasteiger partial charge in [-0.2, -0.15) is 13.2 Å².